The maximum absolute atomic E-state index is 5.03. The largest absolute Gasteiger partial charge is 0.385 e. The van der Waals surface area contributed by atoms with Crippen LogP contribution in [0, 0.1) is 0 Å². The molecular formula is C12H18N4OS. The van der Waals surface area contributed by atoms with Crippen LogP contribution in [-0.2, 0) is 4.74 Å². The molecule has 18 heavy (non-hydrogen) atoms. The van der Waals surface area contributed by atoms with E-state index in [0.717, 1.165) is 42.2 Å². The second-order valence-corrected chi connectivity index (χ2v) is 4.73. The van der Waals surface area contributed by atoms with E-state index in [0.29, 0.717) is 5.95 Å². The van der Waals surface area contributed by atoms with Crippen LogP contribution in [0.1, 0.15) is 13.3 Å². The number of aromatic nitrogens is 2. The van der Waals surface area contributed by atoms with Crippen molar-refractivity contribution >= 4 is 33.3 Å². The molecule has 0 saturated carbocycles. The van der Waals surface area contributed by atoms with E-state index in [1.165, 1.54) is 0 Å². The van der Waals surface area contributed by atoms with Gasteiger partial charge in [-0.1, -0.05) is 0 Å². The fourth-order valence-corrected chi connectivity index (χ4v) is 2.41. The highest BCUT2D eigenvalue weighted by molar-refractivity contribution is 7.16. The molecule has 2 heterocycles. The molecule has 0 bridgehead atoms. The van der Waals surface area contributed by atoms with Crippen molar-refractivity contribution in [1.82, 2.24) is 9.97 Å². The van der Waals surface area contributed by atoms with Gasteiger partial charge >= 0.3 is 0 Å². The van der Waals surface area contributed by atoms with E-state index in [1.807, 2.05) is 18.4 Å². The number of thiophene rings is 1. The van der Waals surface area contributed by atoms with Crippen LogP contribution in [0.25, 0.3) is 10.2 Å². The molecule has 0 aliphatic carbocycles. The number of anilines is 2. The minimum Gasteiger partial charge on any atom is -0.385 e. The van der Waals surface area contributed by atoms with Gasteiger partial charge in [-0.05, 0) is 24.8 Å². The number of nitrogens with one attached hydrogen (secondary N) is 2. The van der Waals surface area contributed by atoms with E-state index in [4.69, 9.17) is 4.74 Å². The summed E-state index contributed by atoms with van der Waals surface area (Å²) < 4.78 is 5.03. The fourth-order valence-electron chi connectivity index (χ4n) is 1.65. The summed E-state index contributed by atoms with van der Waals surface area (Å²) in [6.45, 7) is 4.46. The lowest BCUT2D eigenvalue weighted by Crippen LogP contribution is -2.09. The van der Waals surface area contributed by atoms with E-state index < -0.39 is 0 Å². The van der Waals surface area contributed by atoms with Crippen LogP contribution in [-0.4, -0.2) is 36.8 Å². The summed E-state index contributed by atoms with van der Waals surface area (Å²) in [5, 5.41) is 9.61. The molecule has 0 atom stereocenters. The first kappa shape index (κ1) is 13.0. The van der Waals surface area contributed by atoms with Crippen LogP contribution in [0.4, 0.5) is 11.8 Å². The van der Waals surface area contributed by atoms with Gasteiger partial charge in [-0.25, -0.2) is 4.98 Å². The second-order valence-electron chi connectivity index (χ2n) is 3.84. The quantitative estimate of drug-likeness (QED) is 0.754. The zero-order valence-electron chi connectivity index (χ0n) is 10.7. The molecule has 5 nitrogen and oxygen atoms in total. The Kier molecular flexibility index (Phi) is 4.72. The van der Waals surface area contributed by atoms with Gasteiger partial charge in [0.05, 0.1) is 5.39 Å². The minimum absolute atomic E-state index is 0.682. The molecule has 2 rings (SSSR count). The number of hydrogen-bond acceptors (Lipinski definition) is 6. The number of nitrogens with zero attached hydrogens (tertiary/aromatic N) is 2. The van der Waals surface area contributed by atoms with Gasteiger partial charge in [-0.2, -0.15) is 4.98 Å². The lowest BCUT2D eigenvalue weighted by molar-refractivity contribution is 0.198. The molecule has 0 aliphatic rings. The molecule has 2 aromatic rings. The first-order chi connectivity index (χ1) is 8.85. The van der Waals surface area contributed by atoms with Crippen molar-refractivity contribution in [1.29, 1.82) is 0 Å². The Morgan fingerprint density at radius 3 is 3.00 bits per heavy atom. The van der Waals surface area contributed by atoms with E-state index in [2.05, 4.69) is 20.6 Å². The van der Waals surface area contributed by atoms with Crippen LogP contribution < -0.4 is 10.6 Å². The van der Waals surface area contributed by atoms with Crippen LogP contribution in [0.3, 0.4) is 0 Å². The predicted octanol–water partition coefficient (Wildman–Crippen LogP) is 2.57. The van der Waals surface area contributed by atoms with Gasteiger partial charge in [-0.3, -0.25) is 0 Å². The molecule has 98 valence electrons. The van der Waals surface area contributed by atoms with E-state index in [1.54, 1.807) is 18.4 Å². The molecular weight excluding hydrogens is 248 g/mol. The summed E-state index contributed by atoms with van der Waals surface area (Å²) in [7, 11) is 1.71. The van der Waals surface area contributed by atoms with E-state index in [9.17, 15) is 0 Å². The molecule has 0 unspecified atom stereocenters. The van der Waals surface area contributed by atoms with Gasteiger partial charge in [0, 0.05) is 26.8 Å². The number of methoxy groups -OCH3 is 1. The maximum atomic E-state index is 5.03. The summed E-state index contributed by atoms with van der Waals surface area (Å²) in [6.07, 6.45) is 0.961. The highest BCUT2D eigenvalue weighted by Gasteiger charge is 2.07. The maximum Gasteiger partial charge on any atom is 0.226 e. The molecule has 2 N–H and O–H groups in total. The average Bonchev–Trinajstić information content (AvgIpc) is 2.83. The minimum atomic E-state index is 0.682. The van der Waals surface area contributed by atoms with Gasteiger partial charge in [-0.15, -0.1) is 11.3 Å². The van der Waals surface area contributed by atoms with Gasteiger partial charge < -0.3 is 15.4 Å². The average molecular weight is 266 g/mol. The smallest absolute Gasteiger partial charge is 0.226 e. The Bertz CT molecular complexity index is 500. The standard InChI is InChI=1S/C12H18N4OS/c1-3-13-12-15-10(14-6-4-7-17-2)9-5-8-18-11(9)16-12/h5,8H,3-4,6-7H2,1-2H3,(H2,13,14,15,16). The van der Waals surface area contributed by atoms with Crippen molar-refractivity contribution in [2.75, 3.05) is 37.4 Å². The number of hydrogen-bond donors (Lipinski definition) is 2. The van der Waals surface area contributed by atoms with Crippen molar-refractivity contribution < 1.29 is 4.74 Å². The SMILES string of the molecule is CCNc1nc(NCCCOC)c2ccsc2n1. The highest BCUT2D eigenvalue weighted by atomic mass is 32.1. The second kappa shape index (κ2) is 6.51. The molecule has 0 spiro atoms. The van der Waals surface area contributed by atoms with Crippen LogP contribution in [0.15, 0.2) is 11.4 Å². The zero-order valence-corrected chi connectivity index (χ0v) is 11.5. The number of ether oxygens (including phenoxy) is 1. The van der Waals surface area contributed by atoms with Crippen molar-refractivity contribution in [2.24, 2.45) is 0 Å². The Labute approximate surface area is 111 Å². The van der Waals surface area contributed by atoms with Crippen LogP contribution in [0.2, 0.25) is 0 Å². The van der Waals surface area contributed by atoms with Crippen molar-refractivity contribution in [3.8, 4) is 0 Å². The molecule has 0 amide bonds. The Morgan fingerprint density at radius 2 is 2.22 bits per heavy atom. The van der Waals surface area contributed by atoms with E-state index >= 15 is 0 Å². The zero-order chi connectivity index (χ0) is 12.8. The number of rotatable bonds is 7. The first-order valence-corrected chi connectivity index (χ1v) is 6.95. The van der Waals surface area contributed by atoms with Crippen LogP contribution >= 0.6 is 11.3 Å². The van der Waals surface area contributed by atoms with Crippen molar-refractivity contribution in [3.63, 3.8) is 0 Å². The molecule has 0 aliphatic heterocycles. The third-order valence-electron chi connectivity index (χ3n) is 2.48. The Morgan fingerprint density at radius 1 is 1.33 bits per heavy atom. The normalized spacial score (nSPS) is 10.8. The molecule has 0 fully saturated rings. The van der Waals surface area contributed by atoms with Crippen molar-refractivity contribution in [3.05, 3.63) is 11.4 Å². The molecule has 0 aromatic carbocycles. The van der Waals surface area contributed by atoms with Crippen molar-refractivity contribution in [2.45, 2.75) is 13.3 Å². The highest BCUT2D eigenvalue weighted by Crippen LogP contribution is 2.26. The topological polar surface area (TPSA) is 59.1 Å². The summed E-state index contributed by atoms with van der Waals surface area (Å²) in [5.41, 5.74) is 0. The lowest BCUT2D eigenvalue weighted by atomic mass is 10.3. The van der Waals surface area contributed by atoms with Crippen LogP contribution in [0.5, 0.6) is 0 Å². The molecule has 0 saturated heterocycles. The lowest BCUT2D eigenvalue weighted by Gasteiger charge is -2.09. The summed E-state index contributed by atoms with van der Waals surface area (Å²) in [4.78, 5) is 9.96. The Balaban J connectivity index is 2.15. The van der Waals surface area contributed by atoms with E-state index in [-0.39, 0.29) is 0 Å². The predicted molar refractivity (Wildman–Crippen MR) is 76.6 cm³/mol. The third-order valence-corrected chi connectivity index (χ3v) is 3.28. The van der Waals surface area contributed by atoms with Gasteiger partial charge in [0.1, 0.15) is 10.6 Å². The number of fused-ring (bicyclic) bond motifs is 1. The Hall–Kier alpha value is -1.40. The monoisotopic (exact) mass is 266 g/mol. The molecule has 6 heteroatoms. The van der Waals surface area contributed by atoms with Gasteiger partial charge in [0.25, 0.3) is 0 Å². The van der Waals surface area contributed by atoms with Gasteiger partial charge in [0.2, 0.25) is 5.95 Å². The first-order valence-electron chi connectivity index (χ1n) is 6.07. The summed E-state index contributed by atoms with van der Waals surface area (Å²) >= 11 is 1.63. The van der Waals surface area contributed by atoms with Gasteiger partial charge in [0.15, 0.2) is 0 Å². The molecule has 2 aromatic heterocycles. The third kappa shape index (κ3) is 3.08. The summed E-state index contributed by atoms with van der Waals surface area (Å²) in [5.74, 6) is 1.58. The fraction of sp³-hybridized carbons (Fsp3) is 0.500. The summed E-state index contributed by atoms with van der Waals surface area (Å²) in [6, 6.07) is 2.05. The molecule has 0 radical (unpaired) electrons.